The molecule has 2 aromatic rings. The van der Waals surface area contributed by atoms with E-state index in [2.05, 4.69) is 22.3 Å². The Balaban J connectivity index is 1.43. The Kier molecular flexibility index (Phi) is 4.45. The second-order valence-electron chi connectivity index (χ2n) is 7.30. The minimum atomic E-state index is -0.926. The fourth-order valence-corrected chi connectivity index (χ4v) is 4.34. The van der Waals surface area contributed by atoms with Crippen molar-refractivity contribution < 1.29 is 13.6 Å². The van der Waals surface area contributed by atoms with E-state index in [1.165, 1.54) is 5.56 Å². The topological polar surface area (TPSA) is 32.3 Å². The zero-order valence-corrected chi connectivity index (χ0v) is 14.9. The van der Waals surface area contributed by atoms with Crippen LogP contribution in [0.2, 0.25) is 5.02 Å². The van der Waals surface area contributed by atoms with Crippen LogP contribution in [-0.4, -0.2) is 29.4 Å². The number of hydrogen-bond donors (Lipinski definition) is 1. The highest BCUT2D eigenvalue weighted by atomic mass is 35.5. The second-order valence-corrected chi connectivity index (χ2v) is 7.68. The highest BCUT2D eigenvalue weighted by molar-refractivity contribution is 6.31. The maximum atomic E-state index is 13.6. The molecule has 3 fully saturated rings. The predicted molar refractivity (Wildman–Crippen MR) is 96.0 cm³/mol. The first-order valence-corrected chi connectivity index (χ1v) is 9.06. The highest BCUT2D eigenvalue weighted by Crippen LogP contribution is 2.50. The predicted octanol–water partition coefficient (Wildman–Crippen LogP) is 4.01. The summed E-state index contributed by atoms with van der Waals surface area (Å²) in [6.07, 6.45) is 2.09. The smallest absolute Gasteiger partial charge is 0.251 e. The molecule has 2 aliphatic heterocycles. The number of amides is 1. The van der Waals surface area contributed by atoms with Gasteiger partial charge in [-0.15, -0.1) is 0 Å². The molecule has 0 spiro atoms. The molecule has 5 rings (SSSR count). The first kappa shape index (κ1) is 17.4. The number of benzene rings is 2. The Hall–Kier alpha value is -1.98. The molecule has 1 N–H and O–H groups in total. The molecule has 1 amide bonds. The lowest BCUT2D eigenvalue weighted by Gasteiger charge is -2.42. The van der Waals surface area contributed by atoms with Crippen molar-refractivity contribution in [1.29, 1.82) is 0 Å². The summed E-state index contributed by atoms with van der Waals surface area (Å²) in [5.41, 5.74) is 1.14. The highest BCUT2D eigenvalue weighted by Gasteiger charge is 2.55. The molecule has 0 radical (unpaired) electrons. The van der Waals surface area contributed by atoms with Gasteiger partial charge in [0.2, 0.25) is 0 Å². The van der Waals surface area contributed by atoms with Gasteiger partial charge >= 0.3 is 0 Å². The third kappa shape index (κ3) is 3.10. The van der Waals surface area contributed by atoms with Crippen LogP contribution in [-0.2, 0) is 6.54 Å². The maximum Gasteiger partial charge on any atom is 0.251 e. The van der Waals surface area contributed by atoms with Gasteiger partial charge in [-0.3, -0.25) is 9.69 Å². The van der Waals surface area contributed by atoms with Crippen LogP contribution in [0.3, 0.4) is 0 Å². The Labute approximate surface area is 156 Å². The summed E-state index contributed by atoms with van der Waals surface area (Å²) >= 11 is 5.47. The van der Waals surface area contributed by atoms with Gasteiger partial charge in [-0.25, -0.2) is 8.78 Å². The molecule has 26 heavy (non-hydrogen) atoms. The molecule has 2 bridgehead atoms. The molecule has 6 heteroatoms. The number of rotatable bonds is 5. The minimum Gasteiger partial charge on any atom is -0.350 e. The third-order valence-electron chi connectivity index (χ3n) is 5.53. The number of halogens is 3. The van der Waals surface area contributed by atoms with Crippen LogP contribution < -0.4 is 5.32 Å². The van der Waals surface area contributed by atoms with E-state index in [9.17, 15) is 13.6 Å². The van der Waals surface area contributed by atoms with Gasteiger partial charge in [-0.2, -0.15) is 0 Å². The second kappa shape index (κ2) is 6.63. The summed E-state index contributed by atoms with van der Waals surface area (Å²) in [6.45, 7) is 2.34. The monoisotopic (exact) mass is 376 g/mol. The molecule has 0 aromatic heterocycles. The summed E-state index contributed by atoms with van der Waals surface area (Å²) in [5, 5.41) is 2.26. The van der Waals surface area contributed by atoms with Crippen molar-refractivity contribution >= 4 is 17.5 Å². The van der Waals surface area contributed by atoms with E-state index in [1.807, 2.05) is 18.2 Å². The molecule has 3 aliphatic rings. The molecule has 1 saturated carbocycles. The molecule has 2 saturated heterocycles. The van der Waals surface area contributed by atoms with Gasteiger partial charge < -0.3 is 5.32 Å². The average molecular weight is 377 g/mol. The maximum absolute atomic E-state index is 13.6. The Morgan fingerprint density at radius 2 is 1.85 bits per heavy atom. The molecule has 1 aliphatic carbocycles. The Morgan fingerprint density at radius 1 is 1.19 bits per heavy atom. The third-order valence-corrected chi connectivity index (χ3v) is 5.89. The molecular formula is C20H19ClF2N2O. The molecule has 3 nitrogen and oxygen atoms in total. The lowest BCUT2D eigenvalue weighted by molar-refractivity contribution is 0.0798. The van der Waals surface area contributed by atoms with Crippen LogP contribution in [0.1, 0.15) is 28.8 Å². The largest absolute Gasteiger partial charge is 0.350 e. The molecule has 0 unspecified atom stereocenters. The van der Waals surface area contributed by atoms with E-state index in [4.69, 9.17) is 11.6 Å². The van der Waals surface area contributed by atoms with Crippen LogP contribution in [0.15, 0.2) is 42.5 Å². The van der Waals surface area contributed by atoms with Crippen LogP contribution in [0.25, 0.3) is 0 Å². The zero-order valence-electron chi connectivity index (χ0n) is 14.1. The number of fused-ring (bicyclic) bond motifs is 1. The van der Waals surface area contributed by atoms with Crippen LogP contribution in [0, 0.1) is 17.6 Å². The number of nitrogens with zero attached hydrogens (tertiary/aromatic N) is 1. The van der Waals surface area contributed by atoms with Gasteiger partial charge in [0.05, 0.1) is 0 Å². The van der Waals surface area contributed by atoms with E-state index in [0.717, 1.165) is 38.1 Å². The summed E-state index contributed by atoms with van der Waals surface area (Å²) in [7, 11) is 0. The molecule has 2 aromatic carbocycles. The molecular weight excluding hydrogens is 358 g/mol. The van der Waals surface area contributed by atoms with E-state index in [0.29, 0.717) is 12.5 Å². The van der Waals surface area contributed by atoms with E-state index >= 15 is 0 Å². The minimum absolute atomic E-state index is 0.0516. The van der Waals surface area contributed by atoms with Crippen molar-refractivity contribution in [3.8, 4) is 0 Å². The SMILES string of the molecule is O=C(NCC12CC(CN1Cc1ccccc1)C2)c1cc(F)c(Cl)c(F)c1. The summed E-state index contributed by atoms with van der Waals surface area (Å²) in [5.74, 6) is -1.67. The first-order valence-electron chi connectivity index (χ1n) is 8.69. The quantitative estimate of drug-likeness (QED) is 0.799. The summed E-state index contributed by atoms with van der Waals surface area (Å²) in [6, 6.07) is 12.2. The van der Waals surface area contributed by atoms with Crippen molar-refractivity contribution in [2.24, 2.45) is 5.92 Å². The van der Waals surface area contributed by atoms with E-state index in [1.54, 1.807) is 0 Å². The van der Waals surface area contributed by atoms with E-state index < -0.39 is 22.6 Å². The fraction of sp³-hybridized carbons (Fsp3) is 0.350. The van der Waals surface area contributed by atoms with E-state index in [-0.39, 0.29) is 11.1 Å². The fourth-order valence-electron chi connectivity index (χ4n) is 4.23. The molecule has 2 heterocycles. The van der Waals surface area contributed by atoms with Crippen molar-refractivity contribution in [2.75, 3.05) is 13.1 Å². The lowest BCUT2D eigenvalue weighted by atomic mass is 9.73. The standard InChI is InChI=1S/C20H19ClF2N2O/c21-18-16(22)6-15(7-17(18)23)19(26)24-12-20-8-14(9-20)11-25(20)10-13-4-2-1-3-5-13/h1-7,14H,8-12H2,(H,24,26). The van der Waals surface area contributed by atoms with Gasteiger partial charge in [0, 0.05) is 30.7 Å². The van der Waals surface area contributed by atoms with Crippen molar-refractivity contribution in [3.63, 3.8) is 0 Å². The van der Waals surface area contributed by atoms with Crippen LogP contribution >= 0.6 is 11.6 Å². The molecule has 136 valence electrons. The first-order chi connectivity index (χ1) is 12.5. The van der Waals surface area contributed by atoms with Gasteiger partial charge in [-0.1, -0.05) is 41.9 Å². The van der Waals surface area contributed by atoms with Gasteiger partial charge in [-0.05, 0) is 36.5 Å². The Bertz CT molecular complexity index is 814. The van der Waals surface area contributed by atoms with Gasteiger partial charge in [0.25, 0.3) is 5.91 Å². The molecule has 0 atom stereocenters. The lowest BCUT2D eigenvalue weighted by Crippen LogP contribution is -2.53. The van der Waals surface area contributed by atoms with Crippen molar-refractivity contribution in [2.45, 2.75) is 24.9 Å². The van der Waals surface area contributed by atoms with Crippen molar-refractivity contribution in [1.82, 2.24) is 10.2 Å². The number of hydrogen-bond acceptors (Lipinski definition) is 2. The average Bonchev–Trinajstić information content (AvgIpc) is 3.11. The van der Waals surface area contributed by atoms with Crippen LogP contribution in [0.5, 0.6) is 0 Å². The number of nitrogens with one attached hydrogen (secondary N) is 1. The van der Waals surface area contributed by atoms with Gasteiger partial charge in [0.15, 0.2) is 0 Å². The van der Waals surface area contributed by atoms with Crippen LogP contribution in [0.4, 0.5) is 8.78 Å². The van der Waals surface area contributed by atoms with Crippen molar-refractivity contribution in [3.05, 3.63) is 70.2 Å². The van der Waals surface area contributed by atoms with Gasteiger partial charge in [0.1, 0.15) is 16.7 Å². The number of carbonyl (C=O) groups excluding carboxylic acids is 1. The Morgan fingerprint density at radius 3 is 2.50 bits per heavy atom. The normalized spacial score (nSPS) is 24.3. The zero-order chi connectivity index (χ0) is 18.3. The summed E-state index contributed by atoms with van der Waals surface area (Å²) in [4.78, 5) is 14.7. The summed E-state index contributed by atoms with van der Waals surface area (Å²) < 4.78 is 27.1. The number of carbonyl (C=O) groups is 1.